The number of allylic oxidation sites excluding steroid dienone is 1. The van der Waals surface area contributed by atoms with E-state index in [2.05, 4.69) is 9.98 Å². The summed E-state index contributed by atoms with van der Waals surface area (Å²) >= 11 is 6.68. The van der Waals surface area contributed by atoms with Gasteiger partial charge >= 0.3 is 6.03 Å². The van der Waals surface area contributed by atoms with E-state index >= 15 is 4.39 Å². The highest BCUT2D eigenvalue weighted by molar-refractivity contribution is 6.34. The Morgan fingerprint density at radius 1 is 1.13 bits per heavy atom. The SMILES string of the molecule is [2H]c1c(C2=CC=NCC2)ncc(C(C)(C)C)c1-c1cc(F)cc(-c2ccc(N3CCN(C)C3=O)c(Cl)c2)c1OC. The first-order valence-corrected chi connectivity index (χ1v) is 13.3. The van der Waals surface area contributed by atoms with Crippen molar-refractivity contribution in [3.63, 3.8) is 0 Å². The van der Waals surface area contributed by atoms with Gasteiger partial charge in [0.25, 0.3) is 0 Å². The number of hydrogen-bond acceptors (Lipinski definition) is 4. The van der Waals surface area contributed by atoms with E-state index in [-0.39, 0.29) is 17.5 Å². The molecule has 6 nitrogen and oxygen atoms in total. The molecule has 0 atom stereocenters. The van der Waals surface area contributed by atoms with Crippen molar-refractivity contribution in [2.24, 2.45) is 4.99 Å². The van der Waals surface area contributed by atoms with Crippen molar-refractivity contribution in [1.29, 1.82) is 0 Å². The van der Waals surface area contributed by atoms with Crippen molar-refractivity contribution in [3.8, 4) is 28.0 Å². The van der Waals surface area contributed by atoms with Crippen LogP contribution in [0, 0.1) is 5.82 Å². The van der Waals surface area contributed by atoms with Gasteiger partial charge in [0, 0.05) is 50.2 Å². The Kier molecular flexibility index (Phi) is 6.85. The van der Waals surface area contributed by atoms with Gasteiger partial charge in [-0.05, 0) is 70.5 Å². The van der Waals surface area contributed by atoms with Crippen LogP contribution in [0.25, 0.3) is 27.8 Å². The number of hydrogen-bond donors (Lipinski definition) is 0. The van der Waals surface area contributed by atoms with Gasteiger partial charge in [-0.1, -0.05) is 38.4 Å². The van der Waals surface area contributed by atoms with Gasteiger partial charge in [-0.15, -0.1) is 0 Å². The van der Waals surface area contributed by atoms with Crippen LogP contribution in [0.5, 0.6) is 5.75 Å². The zero-order valence-electron chi connectivity index (χ0n) is 23.8. The van der Waals surface area contributed by atoms with Crippen molar-refractivity contribution in [3.05, 3.63) is 70.7 Å². The molecule has 8 heteroatoms. The van der Waals surface area contributed by atoms with Crippen LogP contribution < -0.4 is 9.64 Å². The average molecular weight is 548 g/mol. The third kappa shape index (κ3) is 5.15. The molecule has 0 unspecified atom stereocenters. The monoisotopic (exact) mass is 547 g/mol. The van der Waals surface area contributed by atoms with Crippen molar-refractivity contribution in [2.75, 3.05) is 38.7 Å². The van der Waals surface area contributed by atoms with Crippen molar-refractivity contribution >= 4 is 35.1 Å². The number of rotatable bonds is 5. The fourth-order valence-corrected chi connectivity index (χ4v) is 5.30. The van der Waals surface area contributed by atoms with E-state index in [1.54, 1.807) is 41.4 Å². The van der Waals surface area contributed by atoms with Gasteiger partial charge in [-0.25, -0.2) is 9.18 Å². The number of anilines is 1. The standard InChI is InChI=1S/C31H32ClFN4O2/c1-31(2,3)25-18-35-27(19-8-10-34-11-9-19)17-23(25)24-16-21(33)15-22(29(24)39-5)20-6-7-28(26(32)14-20)37-13-12-36(4)30(37)38/h6-8,10,14-18H,9,11-13H2,1-5H3/i17D. The molecular weight excluding hydrogens is 515 g/mol. The Labute approximate surface area is 235 Å². The van der Waals surface area contributed by atoms with Gasteiger partial charge in [0.1, 0.15) is 11.6 Å². The number of dihydropyridines is 1. The highest BCUT2D eigenvalue weighted by Gasteiger charge is 2.29. The van der Waals surface area contributed by atoms with Gasteiger partial charge in [-0.3, -0.25) is 14.9 Å². The van der Waals surface area contributed by atoms with E-state index in [1.807, 2.05) is 32.9 Å². The molecule has 1 saturated heterocycles. The Bertz CT molecular complexity index is 1560. The highest BCUT2D eigenvalue weighted by atomic mass is 35.5. The van der Waals surface area contributed by atoms with Crippen LogP contribution in [0.15, 0.2) is 53.6 Å². The first kappa shape index (κ1) is 25.6. The molecule has 2 aliphatic heterocycles. The predicted molar refractivity (Wildman–Crippen MR) is 157 cm³/mol. The number of aliphatic imine (C=N–C) groups is 1. The lowest BCUT2D eigenvalue weighted by Crippen LogP contribution is -2.29. The summed E-state index contributed by atoms with van der Waals surface area (Å²) < 4.78 is 30.6. The quantitative estimate of drug-likeness (QED) is 0.338. The zero-order chi connectivity index (χ0) is 28.8. The number of pyridine rings is 1. The summed E-state index contributed by atoms with van der Waals surface area (Å²) in [5.41, 5.74) is 4.68. The molecule has 3 aromatic rings. The maximum absolute atomic E-state index is 15.4. The van der Waals surface area contributed by atoms with E-state index in [0.29, 0.717) is 70.5 Å². The summed E-state index contributed by atoms with van der Waals surface area (Å²) in [6, 6.07) is 8.23. The van der Waals surface area contributed by atoms with E-state index in [4.69, 9.17) is 16.3 Å². The van der Waals surface area contributed by atoms with Crippen LogP contribution in [0.1, 0.15) is 39.8 Å². The zero-order valence-corrected chi connectivity index (χ0v) is 23.6. The number of aromatic nitrogens is 1. The number of carbonyl (C=O) groups excluding carboxylic acids is 1. The Balaban J connectivity index is 1.70. The van der Waals surface area contributed by atoms with Crippen molar-refractivity contribution < 1.29 is 15.3 Å². The number of likely N-dealkylation sites (N-methyl/N-ethyl adjacent to an activating group) is 1. The summed E-state index contributed by atoms with van der Waals surface area (Å²) in [6.07, 6.45) is 6.08. The topological polar surface area (TPSA) is 58.0 Å². The molecule has 5 rings (SSSR count). The Morgan fingerprint density at radius 2 is 1.90 bits per heavy atom. The molecule has 0 radical (unpaired) electrons. The number of halogens is 2. The molecule has 1 aromatic heterocycles. The predicted octanol–water partition coefficient (Wildman–Crippen LogP) is 7.24. The lowest BCUT2D eigenvalue weighted by atomic mass is 9.81. The summed E-state index contributed by atoms with van der Waals surface area (Å²) in [6.45, 7) is 7.91. The molecule has 0 bridgehead atoms. The second-order valence-electron chi connectivity index (χ2n) is 10.8. The maximum atomic E-state index is 15.4. The second-order valence-corrected chi connectivity index (χ2v) is 11.2. The molecule has 202 valence electrons. The minimum Gasteiger partial charge on any atom is -0.495 e. The smallest absolute Gasteiger partial charge is 0.324 e. The normalized spacial score (nSPS) is 16.0. The largest absolute Gasteiger partial charge is 0.495 e. The Morgan fingerprint density at radius 3 is 2.51 bits per heavy atom. The van der Waals surface area contributed by atoms with Gasteiger partial charge in [-0.2, -0.15) is 0 Å². The van der Waals surface area contributed by atoms with Crippen LogP contribution >= 0.6 is 11.6 Å². The van der Waals surface area contributed by atoms with E-state index in [0.717, 1.165) is 11.1 Å². The molecule has 1 fully saturated rings. The molecule has 0 spiro atoms. The molecule has 0 saturated carbocycles. The molecule has 39 heavy (non-hydrogen) atoms. The minimum atomic E-state index is -0.469. The van der Waals surface area contributed by atoms with Gasteiger partial charge in [0.15, 0.2) is 0 Å². The van der Waals surface area contributed by atoms with Crippen LogP contribution in [-0.2, 0) is 5.41 Å². The van der Waals surface area contributed by atoms with Crippen molar-refractivity contribution in [1.82, 2.24) is 9.88 Å². The Hall–Kier alpha value is -3.71. The molecule has 0 N–H and O–H groups in total. The summed E-state index contributed by atoms with van der Waals surface area (Å²) in [7, 11) is 3.29. The molecular formula is C31H32ClFN4O2. The lowest BCUT2D eigenvalue weighted by molar-refractivity contribution is 0.229. The number of nitrogens with zero attached hydrogens (tertiary/aromatic N) is 4. The lowest BCUT2D eigenvalue weighted by Gasteiger charge is -2.25. The molecule has 2 amide bonds. The van der Waals surface area contributed by atoms with E-state index in [9.17, 15) is 6.17 Å². The van der Waals surface area contributed by atoms with E-state index < -0.39 is 5.82 Å². The van der Waals surface area contributed by atoms with Crippen LogP contribution in [-0.4, -0.2) is 55.9 Å². The number of methoxy groups -OCH3 is 1. The molecule has 2 aliphatic rings. The fraction of sp³-hybridized carbons (Fsp3) is 0.323. The van der Waals surface area contributed by atoms with Gasteiger partial charge in [0.2, 0.25) is 0 Å². The summed E-state index contributed by atoms with van der Waals surface area (Å²) in [5.74, 6) is -0.0403. The first-order chi connectivity index (χ1) is 19.0. The fourth-order valence-electron chi connectivity index (χ4n) is 5.02. The van der Waals surface area contributed by atoms with Gasteiger partial charge in [0.05, 0.1) is 24.9 Å². The van der Waals surface area contributed by atoms with Crippen LogP contribution in [0.4, 0.5) is 14.9 Å². The van der Waals surface area contributed by atoms with Crippen LogP contribution in [0.3, 0.4) is 0 Å². The molecule has 3 heterocycles. The number of urea groups is 1. The first-order valence-electron chi connectivity index (χ1n) is 13.4. The minimum absolute atomic E-state index is 0.120. The maximum Gasteiger partial charge on any atom is 0.324 e. The average Bonchev–Trinajstić information content (AvgIpc) is 3.25. The van der Waals surface area contributed by atoms with Crippen molar-refractivity contribution in [2.45, 2.75) is 32.6 Å². The number of ether oxygens (including phenoxy) is 1. The third-order valence-corrected chi connectivity index (χ3v) is 7.43. The van der Waals surface area contributed by atoms with E-state index in [1.165, 1.54) is 19.2 Å². The highest BCUT2D eigenvalue weighted by Crippen LogP contribution is 2.45. The number of carbonyl (C=O) groups is 1. The molecule has 0 aliphatic carbocycles. The third-order valence-electron chi connectivity index (χ3n) is 7.13. The summed E-state index contributed by atoms with van der Waals surface area (Å²) in [5, 5.41) is 0.377. The number of amides is 2. The van der Waals surface area contributed by atoms with Crippen LogP contribution in [0.2, 0.25) is 5.02 Å². The molecule has 2 aromatic carbocycles. The summed E-state index contributed by atoms with van der Waals surface area (Å²) in [4.78, 5) is 24.7. The number of benzene rings is 2. The van der Waals surface area contributed by atoms with Gasteiger partial charge < -0.3 is 9.64 Å². The second kappa shape index (κ2) is 10.5.